The minimum absolute atomic E-state index is 0.189. The van der Waals surface area contributed by atoms with Crippen LogP contribution in [0.2, 0.25) is 0 Å². The summed E-state index contributed by atoms with van der Waals surface area (Å²) >= 11 is 1.77. The first kappa shape index (κ1) is 18.0. The smallest absolute Gasteiger partial charge is 0.245 e. The van der Waals surface area contributed by atoms with E-state index in [4.69, 9.17) is 0 Å². The molecule has 5 nitrogen and oxygen atoms in total. The largest absolute Gasteiger partial charge is 0.341 e. The average molecular weight is 376 g/mol. The van der Waals surface area contributed by atoms with Crippen LogP contribution in [0.1, 0.15) is 56.2 Å². The third kappa shape index (κ3) is 3.80. The second kappa shape index (κ2) is 7.67. The Labute approximate surface area is 159 Å². The summed E-state index contributed by atoms with van der Waals surface area (Å²) in [4.78, 5) is 34.0. The van der Waals surface area contributed by atoms with E-state index < -0.39 is 0 Å². The highest BCUT2D eigenvalue weighted by molar-refractivity contribution is 7.09. The number of hydrogen-bond acceptors (Lipinski definition) is 4. The summed E-state index contributed by atoms with van der Waals surface area (Å²) in [5.74, 6) is 1.26. The maximum Gasteiger partial charge on any atom is 0.245 e. The number of hydrogen-bond donors (Lipinski definition) is 0. The van der Waals surface area contributed by atoms with Crippen molar-refractivity contribution in [3.8, 4) is 0 Å². The van der Waals surface area contributed by atoms with Crippen molar-refractivity contribution in [1.29, 1.82) is 0 Å². The standard InChI is InChI=1S/C20H29N3O2S/c1-2-16-13-26-18(21-16)12-14-7-10-22(11-8-14)20(25)17-4-3-9-23(17)19(24)15-5-6-15/h13-15,17H,2-12H2,1H3/t17-/m0/s1. The molecule has 1 aromatic heterocycles. The Hall–Kier alpha value is -1.43. The van der Waals surface area contributed by atoms with E-state index in [1.165, 1.54) is 10.7 Å². The zero-order chi connectivity index (χ0) is 18.1. The number of likely N-dealkylation sites (tertiary alicyclic amines) is 2. The minimum Gasteiger partial charge on any atom is -0.341 e. The van der Waals surface area contributed by atoms with Crippen molar-refractivity contribution in [1.82, 2.24) is 14.8 Å². The van der Waals surface area contributed by atoms with Gasteiger partial charge in [0.15, 0.2) is 0 Å². The van der Waals surface area contributed by atoms with Crippen LogP contribution in [-0.4, -0.2) is 52.3 Å². The fourth-order valence-electron chi connectivity index (χ4n) is 4.27. The Kier molecular flexibility index (Phi) is 5.30. The van der Waals surface area contributed by atoms with E-state index >= 15 is 0 Å². The topological polar surface area (TPSA) is 53.5 Å². The Balaban J connectivity index is 1.29. The molecule has 2 amide bonds. The summed E-state index contributed by atoms with van der Waals surface area (Å²) in [6, 6.07) is -0.189. The van der Waals surface area contributed by atoms with Crippen molar-refractivity contribution in [2.75, 3.05) is 19.6 Å². The number of aryl methyl sites for hydroxylation is 1. The van der Waals surface area contributed by atoms with E-state index in [1.54, 1.807) is 11.3 Å². The van der Waals surface area contributed by atoms with Gasteiger partial charge in [-0.2, -0.15) is 0 Å². The molecule has 1 saturated carbocycles. The fraction of sp³-hybridized carbons (Fsp3) is 0.750. The number of amides is 2. The molecule has 2 saturated heterocycles. The van der Waals surface area contributed by atoms with Crippen molar-refractivity contribution in [3.63, 3.8) is 0 Å². The van der Waals surface area contributed by atoms with Gasteiger partial charge in [-0.1, -0.05) is 6.92 Å². The third-order valence-electron chi connectivity index (χ3n) is 6.10. The van der Waals surface area contributed by atoms with E-state index in [9.17, 15) is 9.59 Å². The summed E-state index contributed by atoms with van der Waals surface area (Å²) in [5.41, 5.74) is 1.19. The summed E-state index contributed by atoms with van der Waals surface area (Å²) in [6.45, 7) is 4.57. The zero-order valence-corrected chi connectivity index (χ0v) is 16.5. The van der Waals surface area contributed by atoms with Crippen molar-refractivity contribution in [3.05, 3.63) is 16.1 Å². The molecule has 1 aromatic rings. The lowest BCUT2D eigenvalue weighted by molar-refractivity contribution is -0.145. The number of piperidine rings is 1. The van der Waals surface area contributed by atoms with Gasteiger partial charge in [0.1, 0.15) is 6.04 Å². The van der Waals surface area contributed by atoms with Crippen molar-refractivity contribution < 1.29 is 9.59 Å². The quantitative estimate of drug-likeness (QED) is 0.795. The van der Waals surface area contributed by atoms with Crippen LogP contribution in [0.25, 0.3) is 0 Å². The molecule has 0 N–H and O–H groups in total. The minimum atomic E-state index is -0.189. The van der Waals surface area contributed by atoms with E-state index in [1.807, 2.05) is 9.80 Å². The molecule has 6 heteroatoms. The molecule has 4 rings (SSSR count). The monoisotopic (exact) mass is 375 g/mol. The molecule has 0 radical (unpaired) electrons. The predicted molar refractivity (Wildman–Crippen MR) is 102 cm³/mol. The Morgan fingerprint density at radius 3 is 2.54 bits per heavy atom. The molecular weight excluding hydrogens is 346 g/mol. The molecule has 3 heterocycles. The van der Waals surface area contributed by atoms with Crippen LogP contribution in [0, 0.1) is 11.8 Å². The number of nitrogens with zero attached hydrogens (tertiary/aromatic N) is 3. The van der Waals surface area contributed by atoms with Gasteiger partial charge >= 0.3 is 0 Å². The molecule has 3 aliphatic rings. The molecule has 0 aromatic carbocycles. The molecule has 0 spiro atoms. The van der Waals surface area contributed by atoms with E-state index in [0.717, 1.165) is 71.0 Å². The maximum atomic E-state index is 13.0. The molecule has 0 bridgehead atoms. The first-order chi connectivity index (χ1) is 12.7. The number of rotatable bonds is 5. The normalized spacial score (nSPS) is 24.3. The van der Waals surface area contributed by atoms with Crippen LogP contribution < -0.4 is 0 Å². The van der Waals surface area contributed by atoms with E-state index in [2.05, 4.69) is 17.3 Å². The van der Waals surface area contributed by atoms with Crippen molar-refractivity contribution >= 4 is 23.2 Å². The summed E-state index contributed by atoms with van der Waals surface area (Å²) in [6.07, 6.45) is 7.98. The second-order valence-electron chi connectivity index (χ2n) is 8.02. The van der Waals surface area contributed by atoms with Crippen LogP contribution in [0.3, 0.4) is 0 Å². The van der Waals surface area contributed by atoms with Crippen molar-refractivity contribution in [2.24, 2.45) is 11.8 Å². The van der Waals surface area contributed by atoms with E-state index in [-0.39, 0.29) is 23.8 Å². The lowest BCUT2D eigenvalue weighted by Crippen LogP contribution is -2.50. The lowest BCUT2D eigenvalue weighted by atomic mass is 9.93. The number of carbonyl (C=O) groups excluding carboxylic acids is 2. The highest BCUT2D eigenvalue weighted by Gasteiger charge is 2.42. The number of thiazole rings is 1. The lowest BCUT2D eigenvalue weighted by Gasteiger charge is -2.35. The highest BCUT2D eigenvalue weighted by atomic mass is 32.1. The SMILES string of the molecule is CCc1csc(CC2CCN(C(=O)[C@@H]3CCCN3C(=O)C3CC3)CC2)n1. The van der Waals surface area contributed by atoms with Gasteiger partial charge in [0.25, 0.3) is 0 Å². The van der Waals surface area contributed by atoms with Gasteiger partial charge < -0.3 is 9.80 Å². The Morgan fingerprint density at radius 2 is 1.88 bits per heavy atom. The van der Waals surface area contributed by atoms with Crippen LogP contribution in [0.4, 0.5) is 0 Å². The first-order valence-electron chi connectivity index (χ1n) is 10.2. The Bertz CT molecular complexity index is 662. The van der Waals surface area contributed by atoms with Gasteiger partial charge in [0, 0.05) is 37.4 Å². The summed E-state index contributed by atoms with van der Waals surface area (Å²) in [5, 5.41) is 3.41. The molecule has 0 unspecified atom stereocenters. The molecule has 142 valence electrons. The molecule has 26 heavy (non-hydrogen) atoms. The zero-order valence-electron chi connectivity index (χ0n) is 15.7. The van der Waals surface area contributed by atoms with Crippen LogP contribution in [0.5, 0.6) is 0 Å². The van der Waals surface area contributed by atoms with Crippen LogP contribution in [0.15, 0.2) is 5.38 Å². The molecule has 1 atom stereocenters. The number of carbonyl (C=O) groups is 2. The molecule has 1 aliphatic carbocycles. The third-order valence-corrected chi connectivity index (χ3v) is 7.02. The fourth-order valence-corrected chi connectivity index (χ4v) is 5.27. The van der Waals surface area contributed by atoms with Gasteiger partial charge in [-0.3, -0.25) is 9.59 Å². The number of aromatic nitrogens is 1. The highest BCUT2D eigenvalue weighted by Crippen LogP contribution is 2.34. The van der Waals surface area contributed by atoms with Crippen molar-refractivity contribution in [2.45, 2.75) is 64.3 Å². The predicted octanol–water partition coefficient (Wildman–Crippen LogP) is 2.89. The first-order valence-corrected chi connectivity index (χ1v) is 11.1. The average Bonchev–Trinajstić information content (AvgIpc) is 3.22. The molecular formula is C20H29N3O2S. The van der Waals surface area contributed by atoms with Gasteiger partial charge in [0.05, 0.1) is 10.7 Å². The summed E-state index contributed by atoms with van der Waals surface area (Å²) < 4.78 is 0. The van der Waals surface area contributed by atoms with E-state index in [0.29, 0.717) is 5.92 Å². The van der Waals surface area contributed by atoms with Gasteiger partial charge in [-0.25, -0.2) is 4.98 Å². The van der Waals surface area contributed by atoms with Crippen LogP contribution in [-0.2, 0) is 22.4 Å². The van der Waals surface area contributed by atoms with Gasteiger partial charge in [-0.15, -0.1) is 11.3 Å². The summed E-state index contributed by atoms with van der Waals surface area (Å²) in [7, 11) is 0. The Morgan fingerprint density at radius 1 is 1.12 bits per heavy atom. The van der Waals surface area contributed by atoms with Gasteiger partial charge in [0.2, 0.25) is 11.8 Å². The second-order valence-corrected chi connectivity index (χ2v) is 8.97. The maximum absolute atomic E-state index is 13.0. The van der Waals surface area contributed by atoms with Crippen LogP contribution >= 0.6 is 11.3 Å². The van der Waals surface area contributed by atoms with Gasteiger partial charge in [-0.05, 0) is 50.9 Å². The molecule has 3 fully saturated rings. The molecule has 2 aliphatic heterocycles.